The van der Waals surface area contributed by atoms with E-state index in [4.69, 9.17) is 11.6 Å². The Hall–Kier alpha value is -0.490. The highest BCUT2D eigenvalue weighted by molar-refractivity contribution is 6.32. The van der Waals surface area contributed by atoms with Crippen molar-refractivity contribution in [3.05, 3.63) is 33.8 Å². The van der Waals surface area contributed by atoms with Gasteiger partial charge in [-0.25, -0.2) is 0 Å². The summed E-state index contributed by atoms with van der Waals surface area (Å²) in [4.78, 5) is 0. The van der Waals surface area contributed by atoms with Crippen LogP contribution in [0.3, 0.4) is 0 Å². The number of rotatable bonds is 3. The summed E-state index contributed by atoms with van der Waals surface area (Å²) < 4.78 is 0. The predicted molar refractivity (Wildman–Crippen MR) is 64.3 cm³/mol. The van der Waals surface area contributed by atoms with Crippen LogP contribution in [0, 0.1) is 6.92 Å². The number of hydrogen-bond acceptors (Lipinski definition) is 0. The molecule has 0 bridgehead atoms. The highest BCUT2D eigenvalue weighted by Gasteiger charge is 2.10. The molecule has 1 rings (SSSR count). The minimum atomic E-state index is 0.610. The highest BCUT2D eigenvalue weighted by Crippen LogP contribution is 2.30. The maximum Gasteiger partial charge on any atom is 0.0469 e. The molecule has 1 aromatic rings. The van der Waals surface area contributed by atoms with Crippen LogP contribution in [-0.2, 0) is 6.42 Å². The SMILES string of the molecule is CCc1ccc(C(C)CC)c(C)c1Cl. The van der Waals surface area contributed by atoms with Crippen LogP contribution in [0.5, 0.6) is 0 Å². The van der Waals surface area contributed by atoms with Crippen LogP contribution in [0.15, 0.2) is 12.1 Å². The summed E-state index contributed by atoms with van der Waals surface area (Å²) in [5.74, 6) is 0.610. The second-order valence-electron chi connectivity index (χ2n) is 3.92. The van der Waals surface area contributed by atoms with Crippen molar-refractivity contribution in [1.29, 1.82) is 0 Å². The van der Waals surface area contributed by atoms with E-state index < -0.39 is 0 Å². The first-order valence-electron chi connectivity index (χ1n) is 5.39. The van der Waals surface area contributed by atoms with Gasteiger partial charge in [0.25, 0.3) is 0 Å². The van der Waals surface area contributed by atoms with Gasteiger partial charge in [0.1, 0.15) is 0 Å². The van der Waals surface area contributed by atoms with E-state index in [1.54, 1.807) is 0 Å². The second kappa shape index (κ2) is 4.84. The smallest absolute Gasteiger partial charge is 0.0469 e. The Balaban J connectivity index is 3.17. The van der Waals surface area contributed by atoms with E-state index >= 15 is 0 Å². The van der Waals surface area contributed by atoms with Crippen molar-refractivity contribution in [2.75, 3.05) is 0 Å². The van der Waals surface area contributed by atoms with Gasteiger partial charge in [0.05, 0.1) is 0 Å². The summed E-state index contributed by atoms with van der Waals surface area (Å²) in [7, 11) is 0. The van der Waals surface area contributed by atoms with Gasteiger partial charge in [-0.05, 0) is 42.4 Å². The molecule has 0 aliphatic rings. The van der Waals surface area contributed by atoms with Crippen molar-refractivity contribution in [2.45, 2.75) is 46.5 Å². The third-order valence-corrected chi connectivity index (χ3v) is 3.56. The van der Waals surface area contributed by atoms with Crippen LogP contribution >= 0.6 is 11.6 Å². The molecule has 0 aliphatic heterocycles. The van der Waals surface area contributed by atoms with Crippen LogP contribution < -0.4 is 0 Å². The fourth-order valence-electron chi connectivity index (χ4n) is 1.78. The quantitative estimate of drug-likeness (QED) is 0.677. The summed E-state index contributed by atoms with van der Waals surface area (Å²) in [6.45, 7) is 8.74. The van der Waals surface area contributed by atoms with Crippen LogP contribution in [0.4, 0.5) is 0 Å². The molecule has 78 valence electrons. The van der Waals surface area contributed by atoms with Crippen LogP contribution in [-0.4, -0.2) is 0 Å². The molecule has 0 spiro atoms. The fourth-order valence-corrected chi connectivity index (χ4v) is 2.09. The van der Waals surface area contributed by atoms with Crippen molar-refractivity contribution < 1.29 is 0 Å². The summed E-state index contributed by atoms with van der Waals surface area (Å²) >= 11 is 6.30. The molecule has 0 saturated carbocycles. The lowest BCUT2D eigenvalue weighted by Crippen LogP contribution is -1.97. The molecule has 0 nitrogen and oxygen atoms in total. The molecule has 0 fully saturated rings. The number of aryl methyl sites for hydroxylation is 1. The van der Waals surface area contributed by atoms with E-state index in [1.807, 2.05) is 0 Å². The number of benzene rings is 1. The zero-order valence-corrected chi connectivity index (χ0v) is 10.3. The molecule has 0 amide bonds. The summed E-state index contributed by atoms with van der Waals surface area (Å²) in [5.41, 5.74) is 3.92. The van der Waals surface area contributed by atoms with Crippen LogP contribution in [0.2, 0.25) is 5.02 Å². The van der Waals surface area contributed by atoms with E-state index in [0.717, 1.165) is 11.4 Å². The first-order valence-corrected chi connectivity index (χ1v) is 5.77. The van der Waals surface area contributed by atoms with Crippen molar-refractivity contribution in [3.8, 4) is 0 Å². The zero-order valence-electron chi connectivity index (χ0n) is 9.52. The van der Waals surface area contributed by atoms with Gasteiger partial charge in [-0.2, -0.15) is 0 Å². The molecular formula is C13H19Cl. The lowest BCUT2D eigenvalue weighted by Gasteiger charge is -2.15. The summed E-state index contributed by atoms with van der Waals surface area (Å²) in [6.07, 6.45) is 2.18. The maximum absolute atomic E-state index is 6.30. The lowest BCUT2D eigenvalue weighted by atomic mass is 9.92. The second-order valence-corrected chi connectivity index (χ2v) is 4.29. The summed E-state index contributed by atoms with van der Waals surface area (Å²) in [5, 5.41) is 0.963. The normalized spacial score (nSPS) is 12.9. The van der Waals surface area contributed by atoms with Gasteiger partial charge in [-0.1, -0.05) is 44.5 Å². The van der Waals surface area contributed by atoms with E-state index in [0.29, 0.717) is 5.92 Å². The Morgan fingerprint density at radius 2 is 1.93 bits per heavy atom. The van der Waals surface area contributed by atoms with E-state index in [9.17, 15) is 0 Å². The first kappa shape index (κ1) is 11.6. The van der Waals surface area contributed by atoms with E-state index in [1.165, 1.54) is 23.1 Å². The van der Waals surface area contributed by atoms with Gasteiger partial charge >= 0.3 is 0 Å². The fraction of sp³-hybridized carbons (Fsp3) is 0.538. The van der Waals surface area contributed by atoms with Crippen molar-refractivity contribution in [3.63, 3.8) is 0 Å². The zero-order chi connectivity index (χ0) is 10.7. The lowest BCUT2D eigenvalue weighted by molar-refractivity contribution is 0.727. The van der Waals surface area contributed by atoms with Gasteiger partial charge in [-0.15, -0.1) is 0 Å². The molecule has 0 N–H and O–H groups in total. The molecule has 1 aromatic carbocycles. The Bertz CT molecular complexity index is 315. The predicted octanol–water partition coefficient (Wildman–Crippen LogP) is 4.72. The molecule has 0 saturated heterocycles. The minimum Gasteiger partial charge on any atom is -0.0837 e. The Morgan fingerprint density at radius 1 is 1.29 bits per heavy atom. The van der Waals surface area contributed by atoms with Crippen molar-refractivity contribution in [1.82, 2.24) is 0 Å². The van der Waals surface area contributed by atoms with Gasteiger partial charge in [-0.3, -0.25) is 0 Å². The highest BCUT2D eigenvalue weighted by atomic mass is 35.5. The van der Waals surface area contributed by atoms with Gasteiger partial charge < -0.3 is 0 Å². The molecule has 0 heterocycles. The molecule has 1 unspecified atom stereocenters. The monoisotopic (exact) mass is 210 g/mol. The average Bonchev–Trinajstić information content (AvgIpc) is 2.21. The Labute approximate surface area is 92.3 Å². The van der Waals surface area contributed by atoms with Crippen LogP contribution in [0.1, 0.15) is 49.8 Å². The van der Waals surface area contributed by atoms with Crippen molar-refractivity contribution in [2.24, 2.45) is 0 Å². The third kappa shape index (κ3) is 2.12. The topological polar surface area (TPSA) is 0 Å². The third-order valence-electron chi connectivity index (χ3n) is 3.03. The largest absolute Gasteiger partial charge is 0.0837 e. The Morgan fingerprint density at radius 3 is 2.43 bits per heavy atom. The number of halogens is 1. The molecule has 1 heteroatoms. The molecule has 0 radical (unpaired) electrons. The van der Waals surface area contributed by atoms with Gasteiger partial charge in [0, 0.05) is 5.02 Å². The molecule has 0 aliphatic carbocycles. The Kier molecular flexibility index (Phi) is 4.00. The molecule has 14 heavy (non-hydrogen) atoms. The van der Waals surface area contributed by atoms with Gasteiger partial charge in [0.2, 0.25) is 0 Å². The standard InChI is InChI=1S/C13H19Cl/c1-5-9(3)12-8-7-11(6-2)13(14)10(12)4/h7-9H,5-6H2,1-4H3. The minimum absolute atomic E-state index is 0.610. The molecular weight excluding hydrogens is 192 g/mol. The molecule has 1 atom stereocenters. The summed E-state index contributed by atoms with van der Waals surface area (Å²) in [6, 6.07) is 4.39. The molecule has 0 aromatic heterocycles. The number of hydrogen-bond donors (Lipinski definition) is 0. The average molecular weight is 211 g/mol. The van der Waals surface area contributed by atoms with E-state index in [-0.39, 0.29) is 0 Å². The first-order chi connectivity index (χ1) is 6.61. The van der Waals surface area contributed by atoms with Gasteiger partial charge in [0.15, 0.2) is 0 Å². The van der Waals surface area contributed by atoms with Crippen LogP contribution in [0.25, 0.3) is 0 Å². The van der Waals surface area contributed by atoms with E-state index in [2.05, 4.69) is 39.8 Å². The van der Waals surface area contributed by atoms with Crippen molar-refractivity contribution >= 4 is 11.6 Å². The maximum atomic E-state index is 6.30.